The van der Waals surface area contributed by atoms with Gasteiger partial charge in [0.25, 0.3) is 0 Å². The van der Waals surface area contributed by atoms with Crippen LogP contribution in [-0.2, 0) is 14.3 Å². The van der Waals surface area contributed by atoms with E-state index in [1.165, 1.54) is 6.92 Å². The summed E-state index contributed by atoms with van der Waals surface area (Å²) in [5.74, 6) is -0.256. The monoisotopic (exact) mass is 302 g/mol. The molecule has 118 valence electrons. The minimum atomic E-state index is -0.486. The molecule has 1 unspecified atom stereocenters. The lowest BCUT2D eigenvalue weighted by Crippen LogP contribution is -2.19. The molecule has 0 aromatic heterocycles. The van der Waals surface area contributed by atoms with Crippen molar-refractivity contribution in [1.29, 1.82) is 0 Å². The molecule has 0 heterocycles. The molecule has 1 aliphatic rings. The highest BCUT2D eigenvalue weighted by Crippen LogP contribution is 2.27. The average molecular weight is 302 g/mol. The zero-order valence-corrected chi connectivity index (χ0v) is 12.8. The predicted molar refractivity (Wildman–Crippen MR) is 83.1 cm³/mol. The number of hydrogen-bond donors (Lipinski definition) is 1. The number of Topliss-reactive ketones (excluding diaryl/α,β-unsaturated/α-hetero) is 1. The van der Waals surface area contributed by atoms with Crippen LogP contribution in [0.25, 0.3) is 0 Å². The van der Waals surface area contributed by atoms with Gasteiger partial charge in [0.05, 0.1) is 6.10 Å². The molecule has 2 rings (SSSR count). The molecular weight excluding hydrogens is 280 g/mol. The normalized spacial score (nSPS) is 22.9. The molecule has 1 aromatic rings. The van der Waals surface area contributed by atoms with E-state index in [0.29, 0.717) is 25.7 Å². The maximum atomic E-state index is 11.5. The average Bonchev–Trinajstić information content (AvgIpc) is 2.83. The third kappa shape index (κ3) is 4.81. The van der Waals surface area contributed by atoms with E-state index in [1.54, 1.807) is 0 Å². The van der Waals surface area contributed by atoms with Gasteiger partial charge in [-0.05, 0) is 18.4 Å². The smallest absolute Gasteiger partial charge is 0.302 e. The van der Waals surface area contributed by atoms with Gasteiger partial charge in [-0.2, -0.15) is 0 Å². The number of carbonyl (C=O) groups is 2. The maximum absolute atomic E-state index is 11.5. The van der Waals surface area contributed by atoms with Crippen molar-refractivity contribution in [1.82, 2.24) is 0 Å². The lowest BCUT2D eigenvalue weighted by Gasteiger charge is -2.15. The summed E-state index contributed by atoms with van der Waals surface area (Å²) in [5.41, 5.74) is 0.907. The molecule has 0 spiro atoms. The summed E-state index contributed by atoms with van der Waals surface area (Å²) in [5, 5.41) is 10.1. The first-order valence-corrected chi connectivity index (χ1v) is 7.65. The summed E-state index contributed by atoms with van der Waals surface area (Å²) in [4.78, 5) is 22.5. The second-order valence-corrected chi connectivity index (χ2v) is 5.69. The maximum Gasteiger partial charge on any atom is 0.302 e. The first-order valence-electron chi connectivity index (χ1n) is 7.65. The summed E-state index contributed by atoms with van der Waals surface area (Å²) in [7, 11) is 0. The van der Waals surface area contributed by atoms with Crippen LogP contribution in [0.1, 0.15) is 44.3 Å². The van der Waals surface area contributed by atoms with E-state index in [4.69, 9.17) is 4.74 Å². The van der Waals surface area contributed by atoms with Gasteiger partial charge < -0.3 is 9.84 Å². The minimum absolute atomic E-state index is 0.0368. The molecule has 1 fully saturated rings. The number of ether oxygens (including phenoxy) is 1. The Morgan fingerprint density at radius 1 is 1.36 bits per heavy atom. The summed E-state index contributed by atoms with van der Waals surface area (Å²) in [6, 6.07) is 9.54. The number of hydrogen-bond acceptors (Lipinski definition) is 4. The third-order valence-electron chi connectivity index (χ3n) is 3.86. The zero-order valence-electron chi connectivity index (χ0n) is 12.8. The number of esters is 1. The molecule has 22 heavy (non-hydrogen) atoms. The topological polar surface area (TPSA) is 63.6 Å². The molecular formula is C18H22O4. The highest BCUT2D eigenvalue weighted by atomic mass is 16.5. The molecule has 1 aromatic carbocycles. The van der Waals surface area contributed by atoms with Gasteiger partial charge in [-0.1, -0.05) is 42.5 Å². The molecule has 3 atom stereocenters. The van der Waals surface area contributed by atoms with Gasteiger partial charge in [0.15, 0.2) is 0 Å². The molecule has 0 saturated heterocycles. The van der Waals surface area contributed by atoms with E-state index in [2.05, 4.69) is 0 Å². The lowest BCUT2D eigenvalue weighted by atomic mass is 10.0. The van der Waals surface area contributed by atoms with Crippen LogP contribution < -0.4 is 0 Å². The Labute approximate surface area is 130 Å². The van der Waals surface area contributed by atoms with Crippen LogP contribution in [0.2, 0.25) is 0 Å². The summed E-state index contributed by atoms with van der Waals surface area (Å²) < 4.78 is 5.18. The summed E-state index contributed by atoms with van der Waals surface area (Å²) in [6.07, 6.45) is 5.16. The SMILES string of the molecule is CC(=O)O[C@@H]1CC(=O)C[C@@H]1/C=C/CCC(O)c1ccccc1. The van der Waals surface area contributed by atoms with Crippen molar-refractivity contribution < 1.29 is 19.4 Å². The van der Waals surface area contributed by atoms with Crippen LogP contribution >= 0.6 is 0 Å². The van der Waals surface area contributed by atoms with Crippen LogP contribution in [-0.4, -0.2) is 23.0 Å². The summed E-state index contributed by atoms with van der Waals surface area (Å²) >= 11 is 0. The Kier molecular flexibility index (Phi) is 5.90. The molecule has 1 aliphatic carbocycles. The lowest BCUT2D eigenvalue weighted by molar-refractivity contribution is -0.147. The van der Waals surface area contributed by atoms with Crippen LogP contribution in [0, 0.1) is 5.92 Å². The van der Waals surface area contributed by atoms with E-state index < -0.39 is 6.10 Å². The van der Waals surface area contributed by atoms with Crippen LogP contribution in [0.5, 0.6) is 0 Å². The Morgan fingerprint density at radius 2 is 2.09 bits per heavy atom. The minimum Gasteiger partial charge on any atom is -0.461 e. The van der Waals surface area contributed by atoms with Gasteiger partial charge in [0.2, 0.25) is 0 Å². The highest BCUT2D eigenvalue weighted by Gasteiger charge is 2.33. The van der Waals surface area contributed by atoms with E-state index in [1.807, 2.05) is 42.5 Å². The van der Waals surface area contributed by atoms with Gasteiger partial charge in [0.1, 0.15) is 11.9 Å². The number of allylic oxidation sites excluding steroid dienone is 1. The Hall–Kier alpha value is -1.94. The van der Waals surface area contributed by atoms with Gasteiger partial charge in [-0.25, -0.2) is 0 Å². The number of benzene rings is 1. The Bertz CT molecular complexity index is 535. The van der Waals surface area contributed by atoms with Crippen LogP contribution in [0.15, 0.2) is 42.5 Å². The molecule has 0 amide bonds. The van der Waals surface area contributed by atoms with Crippen LogP contribution in [0.3, 0.4) is 0 Å². The van der Waals surface area contributed by atoms with Gasteiger partial charge in [0, 0.05) is 25.7 Å². The predicted octanol–water partition coefficient (Wildman–Crippen LogP) is 2.97. The molecule has 1 saturated carbocycles. The Balaban J connectivity index is 1.81. The number of ketones is 1. The number of aliphatic hydroxyl groups excluding tert-OH is 1. The highest BCUT2D eigenvalue weighted by molar-refractivity contribution is 5.82. The molecule has 4 nitrogen and oxygen atoms in total. The number of rotatable bonds is 6. The fourth-order valence-corrected chi connectivity index (χ4v) is 2.75. The van der Waals surface area contributed by atoms with Crippen molar-refractivity contribution in [2.45, 2.75) is 44.8 Å². The zero-order chi connectivity index (χ0) is 15.9. The molecule has 4 heteroatoms. The van der Waals surface area contributed by atoms with Gasteiger partial charge >= 0.3 is 5.97 Å². The number of carbonyl (C=O) groups excluding carboxylic acids is 2. The van der Waals surface area contributed by atoms with Gasteiger partial charge in [-0.15, -0.1) is 0 Å². The molecule has 0 aliphatic heterocycles. The largest absolute Gasteiger partial charge is 0.461 e. The second kappa shape index (κ2) is 7.90. The second-order valence-electron chi connectivity index (χ2n) is 5.69. The van der Waals surface area contributed by atoms with Crippen molar-refractivity contribution in [3.05, 3.63) is 48.0 Å². The van der Waals surface area contributed by atoms with Crippen molar-refractivity contribution in [3.63, 3.8) is 0 Å². The standard InChI is InChI=1S/C18H22O4/c1-13(19)22-18-12-16(20)11-15(18)9-5-6-10-17(21)14-7-3-2-4-8-14/h2-5,7-9,15,17-18,21H,6,10-12H2,1H3/b9-5+/t15-,17?,18+/m0/s1. The van der Waals surface area contributed by atoms with Crippen molar-refractivity contribution in [3.8, 4) is 0 Å². The van der Waals surface area contributed by atoms with Crippen molar-refractivity contribution in [2.75, 3.05) is 0 Å². The Morgan fingerprint density at radius 3 is 2.77 bits per heavy atom. The fraction of sp³-hybridized carbons (Fsp3) is 0.444. The first-order chi connectivity index (χ1) is 10.6. The van der Waals surface area contributed by atoms with Gasteiger partial charge in [-0.3, -0.25) is 9.59 Å². The van der Waals surface area contributed by atoms with E-state index >= 15 is 0 Å². The van der Waals surface area contributed by atoms with Crippen molar-refractivity contribution in [2.24, 2.45) is 5.92 Å². The van der Waals surface area contributed by atoms with E-state index in [0.717, 1.165) is 5.56 Å². The van der Waals surface area contributed by atoms with Crippen molar-refractivity contribution >= 4 is 11.8 Å². The molecule has 1 N–H and O–H groups in total. The van der Waals surface area contributed by atoms with E-state index in [9.17, 15) is 14.7 Å². The summed E-state index contributed by atoms with van der Waals surface area (Å²) in [6.45, 7) is 1.36. The third-order valence-corrected chi connectivity index (χ3v) is 3.86. The van der Waals surface area contributed by atoms with E-state index in [-0.39, 0.29) is 23.8 Å². The first kappa shape index (κ1) is 16.4. The molecule has 0 bridgehead atoms. The van der Waals surface area contributed by atoms with Crippen LogP contribution in [0.4, 0.5) is 0 Å². The number of aliphatic hydroxyl groups is 1. The fourth-order valence-electron chi connectivity index (χ4n) is 2.75. The quantitative estimate of drug-likeness (QED) is 0.648. The molecule has 0 radical (unpaired) electrons.